The van der Waals surface area contributed by atoms with E-state index in [1.54, 1.807) is 11.3 Å². The summed E-state index contributed by atoms with van der Waals surface area (Å²) in [5, 5.41) is 1.12. The van der Waals surface area contributed by atoms with Crippen LogP contribution >= 0.6 is 11.3 Å². The second-order valence-corrected chi connectivity index (χ2v) is 9.73. The first-order chi connectivity index (χ1) is 16.7. The number of halogens is 2. The number of fused-ring (bicyclic) bond motifs is 1. The molecule has 35 heavy (non-hydrogen) atoms. The number of carbonyl (C=O) groups is 1. The van der Waals surface area contributed by atoms with Crippen molar-refractivity contribution in [3.8, 4) is 16.2 Å². The van der Waals surface area contributed by atoms with Crippen LogP contribution in [-0.4, -0.2) is 30.1 Å². The molecule has 4 nitrogen and oxygen atoms in total. The predicted octanol–water partition coefficient (Wildman–Crippen LogP) is 7.78. The maximum absolute atomic E-state index is 14.1. The molecule has 0 aliphatic rings. The summed E-state index contributed by atoms with van der Waals surface area (Å²) in [5.74, 6) is -2.69. The van der Waals surface area contributed by atoms with Crippen LogP contribution in [0.15, 0.2) is 48.6 Å². The maximum atomic E-state index is 14.1. The summed E-state index contributed by atoms with van der Waals surface area (Å²) in [6.45, 7) is 9.40. The number of pyridine rings is 1. The third-order valence-corrected chi connectivity index (χ3v) is 6.84. The molecule has 0 aliphatic heterocycles. The van der Waals surface area contributed by atoms with Gasteiger partial charge in [0.25, 0.3) is 0 Å². The van der Waals surface area contributed by atoms with E-state index in [-0.39, 0.29) is 44.5 Å². The van der Waals surface area contributed by atoms with Gasteiger partial charge in [0.15, 0.2) is 0 Å². The number of aryl methyl sites for hydroxylation is 2. The summed E-state index contributed by atoms with van der Waals surface area (Å²) < 4.78 is 39.9. The second kappa shape index (κ2) is 12.2. The molecule has 2 heterocycles. The lowest BCUT2D eigenvalue weighted by molar-refractivity contribution is -0.139. The van der Waals surface area contributed by atoms with Crippen LogP contribution in [0.2, 0.25) is 0 Å². The molecule has 7 heteroatoms. The van der Waals surface area contributed by atoms with E-state index in [0.717, 1.165) is 44.8 Å². The molecule has 0 saturated heterocycles. The Balaban J connectivity index is 1.52. The second-order valence-electron chi connectivity index (χ2n) is 8.64. The molecule has 0 aliphatic carbocycles. The minimum Gasteiger partial charge on any atom is -0.494 e. The zero-order valence-electron chi connectivity index (χ0n) is 20.7. The minimum atomic E-state index is -2.82. The van der Waals surface area contributed by atoms with Gasteiger partial charge in [0.05, 0.1) is 13.2 Å². The van der Waals surface area contributed by atoms with Gasteiger partial charge in [0, 0.05) is 44.9 Å². The number of alkyl halides is 2. The van der Waals surface area contributed by atoms with Crippen molar-refractivity contribution in [1.82, 2.24) is 4.98 Å². The normalized spacial score (nSPS) is 11.6. The largest absolute Gasteiger partial charge is 0.494 e. The summed E-state index contributed by atoms with van der Waals surface area (Å²) >= 11 is 1.68. The average molecular weight is 502 g/mol. The topological polar surface area (TPSA) is 48.4 Å². The highest BCUT2D eigenvalue weighted by atomic mass is 32.1. The van der Waals surface area contributed by atoms with Crippen LogP contribution in [0.5, 0.6) is 5.75 Å². The Kier molecular flexibility index (Phi) is 9.38. The van der Waals surface area contributed by atoms with E-state index in [0.29, 0.717) is 5.75 Å². The van der Waals surface area contributed by atoms with Gasteiger partial charge in [-0.2, -0.15) is 0 Å². The minimum absolute atomic E-state index is 0.0286. The van der Waals surface area contributed by atoms with E-state index < -0.39 is 11.9 Å². The van der Waals surface area contributed by atoms with Crippen LogP contribution in [0.3, 0.4) is 0 Å². The van der Waals surface area contributed by atoms with E-state index in [2.05, 4.69) is 38.6 Å². The number of rotatable bonds is 13. The van der Waals surface area contributed by atoms with E-state index in [9.17, 15) is 13.6 Å². The fourth-order valence-corrected chi connectivity index (χ4v) is 4.87. The molecule has 0 radical (unpaired) electrons. The Hall–Kier alpha value is -2.80. The first kappa shape index (κ1) is 26.8. The smallest absolute Gasteiger partial charge is 0.333 e. The summed E-state index contributed by atoms with van der Waals surface area (Å²) in [6.07, 6.45) is 1.54. The van der Waals surface area contributed by atoms with Gasteiger partial charge in [0.1, 0.15) is 5.75 Å². The van der Waals surface area contributed by atoms with Gasteiger partial charge in [-0.05, 0) is 74.4 Å². The number of hydrogen-bond acceptors (Lipinski definition) is 5. The van der Waals surface area contributed by atoms with Gasteiger partial charge in [-0.1, -0.05) is 20.4 Å². The lowest BCUT2D eigenvalue weighted by Gasteiger charge is -2.16. The maximum Gasteiger partial charge on any atom is 0.333 e. The molecular weight excluding hydrogens is 468 g/mol. The highest BCUT2D eigenvalue weighted by molar-refractivity contribution is 7.22. The van der Waals surface area contributed by atoms with Crippen molar-refractivity contribution in [2.45, 2.75) is 65.2 Å². The third kappa shape index (κ3) is 7.59. The number of carbonyl (C=O) groups excluding carboxylic acids is 1. The highest BCUT2D eigenvalue weighted by Gasteiger charge is 2.27. The zero-order valence-corrected chi connectivity index (χ0v) is 21.5. The summed E-state index contributed by atoms with van der Waals surface area (Å²) in [6, 6.07) is 12.3. The number of benzene rings is 1. The zero-order chi connectivity index (χ0) is 25.4. The fraction of sp³-hybridized carbons (Fsp3) is 0.429. The van der Waals surface area contributed by atoms with Gasteiger partial charge in [-0.15, -0.1) is 11.3 Å². The standard InChI is InChI=1S/C28H33F2NO3S/c1-5-21-10-12-23(24(6-2)31-21)26-17-20-9-11-22(18-25(20)35-26)33-15-7-13-28(29,30)14-8-16-34-27(32)19(3)4/h9-12,17-18H,3,5-8,13-16H2,1-2,4H3. The molecule has 0 atom stereocenters. The van der Waals surface area contributed by atoms with Crippen LogP contribution in [0.25, 0.3) is 20.5 Å². The monoisotopic (exact) mass is 501 g/mol. The Labute approximate surface area is 210 Å². The van der Waals surface area contributed by atoms with Crippen molar-refractivity contribution in [3.05, 3.63) is 59.9 Å². The molecule has 2 aromatic heterocycles. The quantitative estimate of drug-likeness (QED) is 0.136. The number of esters is 1. The van der Waals surface area contributed by atoms with Crippen LogP contribution in [-0.2, 0) is 22.4 Å². The lowest BCUT2D eigenvalue weighted by atomic mass is 10.1. The van der Waals surface area contributed by atoms with Crippen molar-refractivity contribution >= 4 is 27.4 Å². The van der Waals surface area contributed by atoms with Crippen LogP contribution in [0.1, 0.15) is 57.8 Å². The molecule has 3 aromatic rings. The molecule has 0 spiro atoms. The molecule has 0 unspecified atom stereocenters. The number of hydrogen-bond donors (Lipinski definition) is 0. The molecule has 0 amide bonds. The Morgan fingerprint density at radius 2 is 1.80 bits per heavy atom. The molecular formula is C28H33F2NO3S. The number of nitrogens with zero attached hydrogens (tertiary/aromatic N) is 1. The molecule has 188 valence electrons. The lowest BCUT2D eigenvalue weighted by Crippen LogP contribution is -2.18. The van der Waals surface area contributed by atoms with Gasteiger partial charge in [0.2, 0.25) is 5.92 Å². The SMILES string of the molecule is C=C(C)C(=O)OCCCC(F)(F)CCCOc1ccc2cc(-c3ccc(CC)nc3CC)sc2c1. The van der Waals surface area contributed by atoms with Gasteiger partial charge in [-0.3, -0.25) is 4.98 Å². The number of aromatic nitrogens is 1. The van der Waals surface area contributed by atoms with Crippen molar-refractivity contribution in [1.29, 1.82) is 0 Å². The molecule has 3 rings (SSSR count). The van der Waals surface area contributed by atoms with E-state index in [4.69, 9.17) is 14.5 Å². The molecule has 0 saturated carbocycles. The predicted molar refractivity (Wildman–Crippen MR) is 138 cm³/mol. The number of ether oxygens (including phenoxy) is 2. The van der Waals surface area contributed by atoms with E-state index in [1.807, 2.05) is 18.2 Å². The summed E-state index contributed by atoms with van der Waals surface area (Å²) in [4.78, 5) is 17.2. The molecule has 0 fully saturated rings. The first-order valence-electron chi connectivity index (χ1n) is 12.1. The molecule has 0 N–H and O–H groups in total. The Morgan fingerprint density at radius 1 is 1.06 bits per heavy atom. The fourth-order valence-electron chi connectivity index (χ4n) is 3.74. The van der Waals surface area contributed by atoms with Crippen LogP contribution < -0.4 is 4.74 Å². The van der Waals surface area contributed by atoms with Crippen molar-refractivity contribution < 1.29 is 23.0 Å². The summed E-state index contributed by atoms with van der Waals surface area (Å²) in [7, 11) is 0. The highest BCUT2D eigenvalue weighted by Crippen LogP contribution is 2.37. The first-order valence-corrected chi connectivity index (χ1v) is 12.9. The van der Waals surface area contributed by atoms with Crippen molar-refractivity contribution in [2.75, 3.05) is 13.2 Å². The van der Waals surface area contributed by atoms with Gasteiger partial charge in [-0.25, -0.2) is 13.6 Å². The Bertz CT molecular complexity index is 1170. The van der Waals surface area contributed by atoms with Crippen molar-refractivity contribution in [2.24, 2.45) is 0 Å². The number of thiophene rings is 1. The van der Waals surface area contributed by atoms with Crippen LogP contribution in [0.4, 0.5) is 8.78 Å². The summed E-state index contributed by atoms with van der Waals surface area (Å²) in [5.41, 5.74) is 3.62. The molecule has 0 bridgehead atoms. The Morgan fingerprint density at radius 3 is 2.49 bits per heavy atom. The van der Waals surface area contributed by atoms with Crippen molar-refractivity contribution in [3.63, 3.8) is 0 Å². The average Bonchev–Trinajstić information content (AvgIpc) is 3.27. The van der Waals surface area contributed by atoms with Crippen LogP contribution in [0, 0.1) is 0 Å². The van der Waals surface area contributed by atoms with Gasteiger partial charge < -0.3 is 9.47 Å². The van der Waals surface area contributed by atoms with Gasteiger partial charge >= 0.3 is 5.97 Å². The van der Waals surface area contributed by atoms with E-state index in [1.165, 1.54) is 6.92 Å². The third-order valence-electron chi connectivity index (χ3n) is 5.71. The van der Waals surface area contributed by atoms with E-state index >= 15 is 0 Å². The molecule has 1 aromatic carbocycles.